The number of carbonyl (C=O) groups is 1. The third kappa shape index (κ3) is 3.03. The zero-order valence-electron chi connectivity index (χ0n) is 8.42. The molecule has 4 heteroatoms. The number of hydrogen-bond acceptors (Lipinski definition) is 2. The lowest BCUT2D eigenvalue weighted by molar-refractivity contribution is -0.122. The molecule has 3 nitrogen and oxygen atoms in total. The molecule has 0 aromatic rings. The van der Waals surface area contributed by atoms with Crippen LogP contribution >= 0.6 is 0 Å². The Bertz CT molecular complexity index is 311. The van der Waals surface area contributed by atoms with E-state index in [1.165, 1.54) is 0 Å². The largest absolute Gasteiger partial charge is 0.283 e. The maximum absolute atomic E-state index is 11.4. The molecule has 0 spiro atoms. The van der Waals surface area contributed by atoms with Crippen LogP contribution in [0.25, 0.3) is 0 Å². The van der Waals surface area contributed by atoms with Gasteiger partial charge in [0.05, 0.1) is 5.92 Å². The number of hydrogen-bond donors (Lipinski definition) is 1. The predicted octanol–water partition coefficient (Wildman–Crippen LogP) is 0.800. The molecular weight excluding hydrogens is 186 g/mol. The molecule has 1 heterocycles. The average Bonchev–Trinajstić information content (AvgIpc) is 2.00. The van der Waals surface area contributed by atoms with Gasteiger partial charge in [0.1, 0.15) is 0 Å². The molecule has 0 bridgehead atoms. The highest BCUT2D eigenvalue weighted by molar-refractivity contribution is 7.99. The molecule has 0 radical (unpaired) electrons. The standard InChI is InChI=1S/C9H17NO2S/c1-9(2,3)5-7-6-13(4,12)10-8(7)11/h7H,4-6H2,1-3H3,(H,10,11,12). The quantitative estimate of drug-likeness (QED) is 0.641. The third-order valence-electron chi connectivity index (χ3n) is 1.99. The molecule has 2 atom stereocenters. The van der Waals surface area contributed by atoms with Crippen molar-refractivity contribution in [3.63, 3.8) is 0 Å². The molecule has 1 amide bonds. The van der Waals surface area contributed by atoms with E-state index < -0.39 is 9.71 Å². The molecule has 2 unspecified atom stereocenters. The van der Waals surface area contributed by atoms with Crippen LogP contribution in [0.2, 0.25) is 0 Å². The summed E-state index contributed by atoms with van der Waals surface area (Å²) >= 11 is 0. The summed E-state index contributed by atoms with van der Waals surface area (Å²) in [5.41, 5.74) is 0.0991. The summed E-state index contributed by atoms with van der Waals surface area (Å²) in [6, 6.07) is 0. The molecule has 1 rings (SSSR count). The highest BCUT2D eigenvalue weighted by Gasteiger charge is 2.34. The van der Waals surface area contributed by atoms with E-state index in [4.69, 9.17) is 0 Å². The fraction of sp³-hybridized carbons (Fsp3) is 0.778. The van der Waals surface area contributed by atoms with Gasteiger partial charge in [-0.1, -0.05) is 20.8 Å². The summed E-state index contributed by atoms with van der Waals surface area (Å²) in [6.07, 6.45) is 0.769. The van der Waals surface area contributed by atoms with Crippen LogP contribution in [0.15, 0.2) is 0 Å². The van der Waals surface area contributed by atoms with Gasteiger partial charge < -0.3 is 0 Å². The molecule has 13 heavy (non-hydrogen) atoms. The fourth-order valence-corrected chi connectivity index (χ4v) is 3.14. The topological polar surface area (TPSA) is 46.2 Å². The predicted molar refractivity (Wildman–Crippen MR) is 55.8 cm³/mol. The highest BCUT2D eigenvalue weighted by Crippen LogP contribution is 2.27. The van der Waals surface area contributed by atoms with E-state index in [0.717, 1.165) is 6.42 Å². The van der Waals surface area contributed by atoms with E-state index in [1.54, 1.807) is 0 Å². The number of rotatable bonds is 1. The maximum Gasteiger partial charge on any atom is 0.235 e. The molecule has 0 saturated carbocycles. The highest BCUT2D eigenvalue weighted by atomic mass is 32.2. The molecule has 0 aliphatic carbocycles. The van der Waals surface area contributed by atoms with Crippen LogP contribution in [0, 0.1) is 11.3 Å². The van der Waals surface area contributed by atoms with Crippen molar-refractivity contribution in [2.24, 2.45) is 11.3 Å². The van der Waals surface area contributed by atoms with Gasteiger partial charge in [0, 0.05) is 15.5 Å². The smallest absolute Gasteiger partial charge is 0.235 e. The van der Waals surface area contributed by atoms with Crippen LogP contribution in [-0.2, 0) is 14.5 Å². The van der Waals surface area contributed by atoms with Crippen molar-refractivity contribution < 1.29 is 9.00 Å². The minimum absolute atomic E-state index is 0.0991. The minimum Gasteiger partial charge on any atom is -0.283 e. The first-order chi connectivity index (χ1) is 5.70. The lowest BCUT2D eigenvalue weighted by atomic mass is 9.85. The second-order valence-electron chi connectivity index (χ2n) is 4.91. The van der Waals surface area contributed by atoms with E-state index >= 15 is 0 Å². The normalized spacial score (nSPS) is 34.7. The Morgan fingerprint density at radius 2 is 2.15 bits per heavy atom. The van der Waals surface area contributed by atoms with Crippen molar-refractivity contribution in [3.05, 3.63) is 0 Å². The zero-order chi connectivity index (χ0) is 10.3. The van der Waals surface area contributed by atoms with Gasteiger partial charge in [-0.2, -0.15) is 0 Å². The van der Waals surface area contributed by atoms with Gasteiger partial charge in [0.2, 0.25) is 5.91 Å². The van der Waals surface area contributed by atoms with Crippen molar-refractivity contribution in [1.82, 2.24) is 4.72 Å². The Morgan fingerprint density at radius 3 is 2.46 bits per heavy atom. The third-order valence-corrected chi connectivity index (χ3v) is 3.50. The Morgan fingerprint density at radius 1 is 1.62 bits per heavy atom. The number of nitrogens with one attached hydrogen (secondary N) is 1. The first-order valence-electron chi connectivity index (χ1n) is 4.36. The van der Waals surface area contributed by atoms with E-state index in [9.17, 15) is 9.00 Å². The molecule has 76 valence electrons. The van der Waals surface area contributed by atoms with E-state index in [0.29, 0.717) is 5.75 Å². The molecule has 0 aromatic heterocycles. The molecule has 1 aliphatic heterocycles. The van der Waals surface area contributed by atoms with Crippen LogP contribution in [0.3, 0.4) is 0 Å². The van der Waals surface area contributed by atoms with Gasteiger partial charge in [0.15, 0.2) is 0 Å². The molecule has 1 N–H and O–H groups in total. The average molecular weight is 203 g/mol. The van der Waals surface area contributed by atoms with Crippen molar-refractivity contribution in [2.45, 2.75) is 27.2 Å². The first-order valence-corrected chi connectivity index (χ1v) is 6.26. The summed E-state index contributed by atoms with van der Waals surface area (Å²) < 4.78 is 13.9. The minimum atomic E-state index is -2.32. The summed E-state index contributed by atoms with van der Waals surface area (Å²) in [7, 11) is -2.32. The second-order valence-corrected chi connectivity index (χ2v) is 7.07. The molecule has 1 aliphatic rings. The molecular formula is C9H17NO2S. The van der Waals surface area contributed by atoms with Gasteiger partial charge in [-0.05, 0) is 17.7 Å². The van der Waals surface area contributed by atoms with Crippen LogP contribution in [0.1, 0.15) is 27.2 Å². The van der Waals surface area contributed by atoms with Crippen molar-refractivity contribution in [1.29, 1.82) is 0 Å². The summed E-state index contributed by atoms with van der Waals surface area (Å²) in [6.45, 7) is 6.22. The fourth-order valence-electron chi connectivity index (χ4n) is 1.60. The molecule has 1 saturated heterocycles. The summed E-state index contributed by atoms with van der Waals surface area (Å²) in [4.78, 5) is 11.3. The van der Waals surface area contributed by atoms with E-state index in [-0.39, 0.29) is 17.2 Å². The summed E-state index contributed by atoms with van der Waals surface area (Å²) in [5, 5.41) is 0. The van der Waals surface area contributed by atoms with Gasteiger partial charge >= 0.3 is 0 Å². The van der Waals surface area contributed by atoms with Crippen molar-refractivity contribution in [2.75, 3.05) is 5.75 Å². The SMILES string of the molecule is C=S1(=O)CC(CC(C)(C)C)C(=O)N1. The number of carbonyl (C=O) groups excluding carboxylic acids is 1. The van der Waals surface area contributed by atoms with Crippen LogP contribution in [0.5, 0.6) is 0 Å². The number of amides is 1. The maximum atomic E-state index is 11.4. The van der Waals surface area contributed by atoms with Gasteiger partial charge in [-0.25, -0.2) is 4.21 Å². The molecule has 1 fully saturated rings. The molecule has 0 aromatic carbocycles. The lowest BCUT2D eigenvalue weighted by Gasteiger charge is -2.20. The lowest BCUT2D eigenvalue weighted by Crippen LogP contribution is -2.24. The van der Waals surface area contributed by atoms with E-state index in [2.05, 4.69) is 31.4 Å². The zero-order valence-corrected chi connectivity index (χ0v) is 9.24. The van der Waals surface area contributed by atoms with Gasteiger partial charge in [-0.3, -0.25) is 9.52 Å². The second kappa shape index (κ2) is 3.01. The van der Waals surface area contributed by atoms with Crippen LogP contribution in [0.4, 0.5) is 0 Å². The summed E-state index contributed by atoms with van der Waals surface area (Å²) in [5.74, 6) is 3.67. The van der Waals surface area contributed by atoms with Crippen molar-refractivity contribution in [3.8, 4) is 0 Å². The Labute approximate surface area is 80.0 Å². The first kappa shape index (κ1) is 10.6. The van der Waals surface area contributed by atoms with Gasteiger partial charge in [-0.15, -0.1) is 0 Å². The van der Waals surface area contributed by atoms with Gasteiger partial charge in [0.25, 0.3) is 0 Å². The Hall–Kier alpha value is -0.510. The van der Waals surface area contributed by atoms with Crippen LogP contribution < -0.4 is 4.72 Å². The Balaban J connectivity index is 2.70. The van der Waals surface area contributed by atoms with E-state index in [1.807, 2.05) is 0 Å². The van der Waals surface area contributed by atoms with Crippen LogP contribution in [-0.4, -0.2) is 21.7 Å². The Kier molecular flexibility index (Phi) is 2.45. The monoisotopic (exact) mass is 203 g/mol. The van der Waals surface area contributed by atoms with Crippen molar-refractivity contribution >= 4 is 21.5 Å².